The fraction of sp³-hybridized carbons (Fsp3) is 0. The number of benzene rings is 2. The highest BCUT2D eigenvalue weighted by Crippen LogP contribution is 2.24. The second-order valence-electron chi connectivity index (χ2n) is 3.49. The molecule has 0 saturated carbocycles. The fourth-order valence-electron chi connectivity index (χ4n) is 1.53. The number of carboxylic acid groups (broad SMARTS) is 1. The quantitative estimate of drug-likeness (QED) is 0.820. The largest absolute Gasteiger partial charge is 0.545 e. The van der Waals surface area contributed by atoms with E-state index >= 15 is 0 Å². The molecule has 2 aromatic carbocycles. The summed E-state index contributed by atoms with van der Waals surface area (Å²) in [5.41, 5.74) is 0.840. The third-order valence-electron chi connectivity index (χ3n) is 2.35. The number of carboxylic acids is 1. The van der Waals surface area contributed by atoms with Crippen molar-refractivity contribution in [1.29, 1.82) is 0 Å². The Labute approximate surface area is 102 Å². The molecule has 0 heterocycles. The molecule has 0 unspecified atom stereocenters. The minimum atomic E-state index is -1.53. The monoisotopic (exact) mass is 249 g/mol. The van der Waals surface area contributed by atoms with Crippen molar-refractivity contribution in [2.75, 3.05) is 0 Å². The van der Waals surface area contributed by atoms with Gasteiger partial charge in [-0.1, -0.05) is 29.8 Å². The molecule has 2 rings (SSSR count). The first kappa shape index (κ1) is 11.6. The van der Waals surface area contributed by atoms with Crippen LogP contribution in [0.1, 0.15) is 10.4 Å². The third kappa shape index (κ3) is 2.45. The highest BCUT2D eigenvalue weighted by molar-refractivity contribution is 6.30. The summed E-state index contributed by atoms with van der Waals surface area (Å²) in [4.78, 5) is 10.6. The molecule has 0 spiro atoms. The van der Waals surface area contributed by atoms with Gasteiger partial charge in [-0.15, -0.1) is 0 Å². The van der Waals surface area contributed by atoms with E-state index in [1.807, 2.05) is 0 Å². The summed E-state index contributed by atoms with van der Waals surface area (Å²) in [7, 11) is 0. The predicted octanol–water partition coefficient (Wildman–Crippen LogP) is 2.51. The molecule has 2 aromatic rings. The SMILES string of the molecule is O=C([O-])c1ccc(-c2cccc(Cl)c2)cc1F. The van der Waals surface area contributed by atoms with E-state index in [1.54, 1.807) is 24.3 Å². The topological polar surface area (TPSA) is 40.1 Å². The van der Waals surface area contributed by atoms with E-state index < -0.39 is 17.3 Å². The molecule has 0 aliphatic heterocycles. The van der Waals surface area contributed by atoms with Crippen molar-refractivity contribution in [3.05, 3.63) is 58.9 Å². The Morgan fingerprint density at radius 2 is 1.82 bits per heavy atom. The van der Waals surface area contributed by atoms with Gasteiger partial charge in [-0.05, 0) is 35.4 Å². The van der Waals surface area contributed by atoms with Crippen LogP contribution in [0.4, 0.5) is 4.39 Å². The lowest BCUT2D eigenvalue weighted by molar-refractivity contribution is -0.255. The Morgan fingerprint density at radius 3 is 2.41 bits per heavy atom. The molecule has 0 aliphatic rings. The number of carbonyl (C=O) groups excluding carboxylic acids is 1. The molecular formula is C13H7ClFO2-. The van der Waals surface area contributed by atoms with E-state index in [2.05, 4.69) is 0 Å². The van der Waals surface area contributed by atoms with Crippen LogP contribution in [0.15, 0.2) is 42.5 Å². The minimum absolute atomic E-state index is 0.448. The van der Waals surface area contributed by atoms with Crippen molar-refractivity contribution < 1.29 is 14.3 Å². The van der Waals surface area contributed by atoms with Gasteiger partial charge in [0.1, 0.15) is 5.82 Å². The van der Waals surface area contributed by atoms with Crippen LogP contribution >= 0.6 is 11.6 Å². The first-order valence-corrected chi connectivity index (χ1v) is 5.22. The number of hydrogen-bond acceptors (Lipinski definition) is 2. The van der Waals surface area contributed by atoms with Crippen LogP contribution in [0, 0.1) is 5.82 Å². The summed E-state index contributed by atoms with van der Waals surface area (Å²) >= 11 is 5.82. The van der Waals surface area contributed by atoms with E-state index in [-0.39, 0.29) is 0 Å². The normalized spacial score (nSPS) is 10.2. The first-order valence-electron chi connectivity index (χ1n) is 4.85. The molecule has 86 valence electrons. The highest BCUT2D eigenvalue weighted by atomic mass is 35.5. The highest BCUT2D eigenvalue weighted by Gasteiger charge is 2.06. The zero-order valence-corrected chi connectivity index (χ0v) is 9.37. The number of halogens is 2. The van der Waals surface area contributed by atoms with E-state index in [4.69, 9.17) is 11.6 Å². The standard InChI is InChI=1S/C13H8ClFO2/c14-10-3-1-2-8(6-10)9-4-5-11(13(16)17)12(15)7-9/h1-7H,(H,16,17)/p-1. The fourth-order valence-corrected chi connectivity index (χ4v) is 1.72. The van der Waals surface area contributed by atoms with Crippen LogP contribution in [0.25, 0.3) is 11.1 Å². The molecule has 0 N–H and O–H groups in total. The predicted molar refractivity (Wildman–Crippen MR) is 61.2 cm³/mol. The molecule has 0 atom stereocenters. The van der Waals surface area contributed by atoms with Gasteiger partial charge in [-0.2, -0.15) is 0 Å². The van der Waals surface area contributed by atoms with Crippen LogP contribution in [-0.4, -0.2) is 5.97 Å². The van der Waals surface area contributed by atoms with Crippen molar-refractivity contribution in [2.45, 2.75) is 0 Å². The maximum Gasteiger partial charge on any atom is 0.132 e. The summed E-state index contributed by atoms with van der Waals surface area (Å²) in [6.45, 7) is 0. The van der Waals surface area contributed by atoms with Crippen molar-refractivity contribution in [1.82, 2.24) is 0 Å². The summed E-state index contributed by atoms with van der Waals surface area (Å²) in [6, 6.07) is 10.7. The zero-order valence-electron chi connectivity index (χ0n) is 8.61. The van der Waals surface area contributed by atoms with Crippen LogP contribution in [-0.2, 0) is 0 Å². The van der Waals surface area contributed by atoms with Gasteiger partial charge >= 0.3 is 0 Å². The second-order valence-corrected chi connectivity index (χ2v) is 3.93. The molecule has 0 aliphatic carbocycles. The van der Waals surface area contributed by atoms with Crippen LogP contribution in [0.2, 0.25) is 5.02 Å². The van der Waals surface area contributed by atoms with Crippen molar-refractivity contribution >= 4 is 17.6 Å². The van der Waals surface area contributed by atoms with E-state index in [9.17, 15) is 14.3 Å². The Morgan fingerprint density at radius 1 is 1.12 bits per heavy atom. The molecule has 0 fully saturated rings. The van der Waals surface area contributed by atoms with Crippen LogP contribution < -0.4 is 5.11 Å². The molecule has 2 nitrogen and oxygen atoms in total. The first-order chi connectivity index (χ1) is 8.08. The number of rotatable bonds is 2. The molecule has 0 aromatic heterocycles. The Hall–Kier alpha value is -1.87. The number of hydrogen-bond donors (Lipinski definition) is 0. The number of carbonyl (C=O) groups is 1. The maximum absolute atomic E-state index is 13.4. The molecular weight excluding hydrogens is 243 g/mol. The van der Waals surface area contributed by atoms with E-state index in [1.165, 1.54) is 12.1 Å². The van der Waals surface area contributed by atoms with Gasteiger partial charge in [-0.3, -0.25) is 0 Å². The summed E-state index contributed by atoms with van der Waals surface area (Å²) < 4.78 is 13.4. The van der Waals surface area contributed by atoms with E-state index in [0.29, 0.717) is 10.6 Å². The molecule has 0 saturated heterocycles. The molecule has 0 bridgehead atoms. The van der Waals surface area contributed by atoms with Crippen LogP contribution in [0.5, 0.6) is 0 Å². The average Bonchev–Trinajstić information content (AvgIpc) is 2.28. The average molecular weight is 250 g/mol. The summed E-state index contributed by atoms with van der Waals surface area (Å²) in [5.74, 6) is -2.34. The van der Waals surface area contributed by atoms with Gasteiger partial charge in [0.15, 0.2) is 0 Å². The lowest BCUT2D eigenvalue weighted by Gasteiger charge is -2.07. The van der Waals surface area contributed by atoms with Gasteiger partial charge in [-0.25, -0.2) is 4.39 Å². The second kappa shape index (κ2) is 4.55. The Bertz CT molecular complexity index is 581. The molecule has 4 heteroatoms. The molecule has 17 heavy (non-hydrogen) atoms. The lowest BCUT2D eigenvalue weighted by Crippen LogP contribution is -2.23. The molecule has 0 radical (unpaired) electrons. The summed E-state index contributed by atoms with van der Waals surface area (Å²) in [6.07, 6.45) is 0. The maximum atomic E-state index is 13.4. The Balaban J connectivity index is 2.48. The third-order valence-corrected chi connectivity index (χ3v) is 2.58. The summed E-state index contributed by atoms with van der Waals surface area (Å²) in [5, 5.41) is 11.1. The van der Waals surface area contributed by atoms with Gasteiger partial charge < -0.3 is 9.90 Å². The van der Waals surface area contributed by atoms with Gasteiger partial charge in [0, 0.05) is 10.6 Å². The van der Waals surface area contributed by atoms with Crippen molar-refractivity contribution in [3.63, 3.8) is 0 Å². The van der Waals surface area contributed by atoms with Crippen molar-refractivity contribution in [3.8, 4) is 11.1 Å². The van der Waals surface area contributed by atoms with Crippen molar-refractivity contribution in [2.24, 2.45) is 0 Å². The number of aromatic carboxylic acids is 1. The minimum Gasteiger partial charge on any atom is -0.545 e. The van der Waals surface area contributed by atoms with Gasteiger partial charge in [0.2, 0.25) is 0 Å². The zero-order chi connectivity index (χ0) is 12.4. The Kier molecular flexibility index (Phi) is 3.11. The smallest absolute Gasteiger partial charge is 0.132 e. The van der Waals surface area contributed by atoms with Gasteiger partial charge in [0.05, 0.1) is 5.97 Å². The molecule has 0 amide bonds. The van der Waals surface area contributed by atoms with Crippen LogP contribution in [0.3, 0.4) is 0 Å². The lowest BCUT2D eigenvalue weighted by atomic mass is 10.0. The van der Waals surface area contributed by atoms with E-state index in [0.717, 1.165) is 11.6 Å². The van der Waals surface area contributed by atoms with Gasteiger partial charge in [0.25, 0.3) is 0 Å².